The van der Waals surface area contributed by atoms with Gasteiger partial charge in [0.05, 0.1) is 5.69 Å². The summed E-state index contributed by atoms with van der Waals surface area (Å²) in [5.41, 5.74) is 6.69. The summed E-state index contributed by atoms with van der Waals surface area (Å²) >= 11 is 0. The average molecular weight is 237 g/mol. The predicted molar refractivity (Wildman–Crippen MR) is 63.6 cm³/mol. The summed E-state index contributed by atoms with van der Waals surface area (Å²) in [6.07, 6.45) is 5.49. The summed E-state index contributed by atoms with van der Waals surface area (Å²) in [7, 11) is 0. The maximum absolute atomic E-state index is 11.7. The van der Waals surface area contributed by atoms with Crippen molar-refractivity contribution >= 4 is 5.91 Å². The Labute approximate surface area is 101 Å². The van der Waals surface area contributed by atoms with Gasteiger partial charge in [-0.2, -0.15) is 0 Å². The topological polar surface area (TPSA) is 81.2 Å². The normalized spacial score (nSPS) is 18.9. The van der Waals surface area contributed by atoms with E-state index in [9.17, 15) is 4.79 Å². The van der Waals surface area contributed by atoms with Crippen molar-refractivity contribution in [2.24, 2.45) is 5.73 Å². The number of nitrogens with zero attached hydrogens (tertiary/aromatic N) is 1. The Kier molecular flexibility index (Phi) is 3.47. The van der Waals surface area contributed by atoms with Gasteiger partial charge in [0.1, 0.15) is 0 Å². The second-order valence-corrected chi connectivity index (χ2v) is 4.94. The fourth-order valence-electron chi connectivity index (χ4n) is 2.25. The summed E-state index contributed by atoms with van der Waals surface area (Å²) in [6.45, 7) is 2.29. The van der Waals surface area contributed by atoms with Crippen LogP contribution in [0.25, 0.3) is 0 Å². The third kappa shape index (κ3) is 3.06. The molecule has 1 aliphatic rings. The van der Waals surface area contributed by atoms with E-state index in [1.807, 2.05) is 0 Å². The van der Waals surface area contributed by atoms with E-state index in [0.29, 0.717) is 12.2 Å². The summed E-state index contributed by atoms with van der Waals surface area (Å²) in [4.78, 5) is 11.7. The summed E-state index contributed by atoms with van der Waals surface area (Å²) in [5.74, 6) is 0.0166. The van der Waals surface area contributed by atoms with Gasteiger partial charge < -0.3 is 15.6 Å². The molecule has 0 spiro atoms. The molecule has 0 aliphatic heterocycles. The zero-order valence-corrected chi connectivity index (χ0v) is 10.2. The van der Waals surface area contributed by atoms with Crippen LogP contribution in [-0.2, 0) is 0 Å². The van der Waals surface area contributed by atoms with Gasteiger partial charge in [0, 0.05) is 18.2 Å². The van der Waals surface area contributed by atoms with Gasteiger partial charge in [-0.25, -0.2) is 0 Å². The molecule has 2 rings (SSSR count). The Morgan fingerprint density at radius 1 is 1.53 bits per heavy atom. The molecule has 1 heterocycles. The van der Waals surface area contributed by atoms with E-state index in [4.69, 9.17) is 10.3 Å². The van der Waals surface area contributed by atoms with Crippen LogP contribution in [0.3, 0.4) is 0 Å². The molecule has 0 atom stereocenters. The summed E-state index contributed by atoms with van der Waals surface area (Å²) < 4.78 is 4.90. The summed E-state index contributed by atoms with van der Waals surface area (Å²) in [6, 6.07) is 1.62. The van der Waals surface area contributed by atoms with Crippen molar-refractivity contribution in [2.45, 2.75) is 44.6 Å². The van der Waals surface area contributed by atoms with Crippen molar-refractivity contribution in [1.82, 2.24) is 10.5 Å². The number of amides is 1. The quantitative estimate of drug-likeness (QED) is 0.832. The number of carbonyl (C=O) groups excluding carboxylic acids is 1. The fourth-order valence-corrected chi connectivity index (χ4v) is 2.25. The van der Waals surface area contributed by atoms with Gasteiger partial charge in [0.15, 0.2) is 0 Å². The van der Waals surface area contributed by atoms with Gasteiger partial charge in [0.2, 0.25) is 5.76 Å². The molecule has 0 saturated heterocycles. The molecule has 1 amide bonds. The number of rotatable bonds is 3. The van der Waals surface area contributed by atoms with Crippen LogP contribution in [0.2, 0.25) is 0 Å². The van der Waals surface area contributed by atoms with Crippen molar-refractivity contribution in [1.29, 1.82) is 0 Å². The van der Waals surface area contributed by atoms with Crippen LogP contribution < -0.4 is 11.1 Å². The second-order valence-electron chi connectivity index (χ2n) is 4.94. The lowest BCUT2D eigenvalue weighted by Crippen LogP contribution is -2.51. The van der Waals surface area contributed by atoms with Gasteiger partial charge in [-0.3, -0.25) is 4.79 Å². The van der Waals surface area contributed by atoms with Crippen molar-refractivity contribution < 1.29 is 9.32 Å². The highest BCUT2D eigenvalue weighted by molar-refractivity contribution is 5.91. The number of aryl methyl sites for hydroxylation is 1. The van der Waals surface area contributed by atoms with Crippen LogP contribution in [-0.4, -0.2) is 23.1 Å². The Morgan fingerprint density at radius 3 is 2.82 bits per heavy atom. The van der Waals surface area contributed by atoms with E-state index in [-0.39, 0.29) is 17.2 Å². The van der Waals surface area contributed by atoms with Crippen LogP contribution in [0.1, 0.15) is 48.4 Å². The number of carbonyl (C=O) groups is 1. The van der Waals surface area contributed by atoms with Crippen molar-refractivity contribution in [2.75, 3.05) is 6.54 Å². The third-order valence-corrected chi connectivity index (χ3v) is 3.30. The lowest BCUT2D eigenvalue weighted by atomic mass is 9.82. The van der Waals surface area contributed by atoms with Crippen LogP contribution >= 0.6 is 0 Å². The number of hydrogen-bond acceptors (Lipinski definition) is 4. The molecule has 0 unspecified atom stereocenters. The van der Waals surface area contributed by atoms with Gasteiger partial charge in [-0.15, -0.1) is 0 Å². The molecule has 94 valence electrons. The molecule has 1 aliphatic carbocycles. The van der Waals surface area contributed by atoms with Crippen molar-refractivity contribution in [3.8, 4) is 0 Å². The van der Waals surface area contributed by atoms with E-state index in [1.165, 1.54) is 6.42 Å². The van der Waals surface area contributed by atoms with E-state index >= 15 is 0 Å². The van der Waals surface area contributed by atoms with E-state index in [1.54, 1.807) is 13.0 Å². The van der Waals surface area contributed by atoms with Crippen LogP contribution in [0.4, 0.5) is 0 Å². The molecule has 0 radical (unpaired) electrons. The lowest BCUT2D eigenvalue weighted by molar-refractivity contribution is 0.0900. The number of aromatic nitrogens is 1. The van der Waals surface area contributed by atoms with Crippen molar-refractivity contribution in [3.63, 3.8) is 0 Å². The Bertz CT molecular complexity index is 394. The number of hydrogen-bond donors (Lipinski definition) is 2. The maximum Gasteiger partial charge on any atom is 0.289 e. The van der Waals surface area contributed by atoms with Gasteiger partial charge in [-0.1, -0.05) is 24.4 Å². The summed E-state index contributed by atoms with van der Waals surface area (Å²) in [5, 5.41) is 6.51. The first-order chi connectivity index (χ1) is 8.09. The first kappa shape index (κ1) is 12.1. The molecule has 0 bridgehead atoms. The molecule has 1 aromatic heterocycles. The van der Waals surface area contributed by atoms with E-state index < -0.39 is 0 Å². The van der Waals surface area contributed by atoms with E-state index in [2.05, 4.69) is 10.5 Å². The Balaban J connectivity index is 1.87. The standard InChI is InChI=1S/C12H19N3O2/c1-9-7-10(17-15-9)11(16)14-8-12(13)5-3-2-4-6-12/h7H,2-6,8,13H2,1H3,(H,14,16). The minimum absolute atomic E-state index is 0.235. The molecule has 5 nitrogen and oxygen atoms in total. The second kappa shape index (κ2) is 4.87. The minimum atomic E-state index is -0.247. The third-order valence-electron chi connectivity index (χ3n) is 3.30. The molecule has 17 heavy (non-hydrogen) atoms. The van der Waals surface area contributed by atoms with E-state index in [0.717, 1.165) is 25.7 Å². The van der Waals surface area contributed by atoms with Gasteiger partial charge in [0.25, 0.3) is 5.91 Å². The Hall–Kier alpha value is -1.36. The largest absolute Gasteiger partial charge is 0.351 e. The fraction of sp³-hybridized carbons (Fsp3) is 0.667. The highest BCUT2D eigenvalue weighted by atomic mass is 16.5. The van der Waals surface area contributed by atoms with Gasteiger partial charge in [-0.05, 0) is 19.8 Å². The molecular formula is C12H19N3O2. The molecule has 1 saturated carbocycles. The highest BCUT2D eigenvalue weighted by Crippen LogP contribution is 2.25. The minimum Gasteiger partial charge on any atom is -0.351 e. The first-order valence-electron chi connectivity index (χ1n) is 6.09. The monoisotopic (exact) mass is 237 g/mol. The smallest absolute Gasteiger partial charge is 0.289 e. The van der Waals surface area contributed by atoms with Crippen molar-refractivity contribution in [3.05, 3.63) is 17.5 Å². The first-order valence-corrected chi connectivity index (χ1v) is 6.09. The number of nitrogens with two attached hydrogens (primary N) is 1. The average Bonchev–Trinajstić information content (AvgIpc) is 2.74. The zero-order chi connectivity index (χ0) is 12.3. The molecule has 0 aromatic carbocycles. The number of nitrogens with one attached hydrogen (secondary N) is 1. The molecule has 1 fully saturated rings. The van der Waals surface area contributed by atoms with Crippen LogP contribution in [0, 0.1) is 6.92 Å². The van der Waals surface area contributed by atoms with Crippen LogP contribution in [0.5, 0.6) is 0 Å². The molecular weight excluding hydrogens is 218 g/mol. The molecule has 5 heteroatoms. The SMILES string of the molecule is Cc1cc(C(=O)NCC2(N)CCCCC2)on1. The Morgan fingerprint density at radius 2 is 2.24 bits per heavy atom. The lowest BCUT2D eigenvalue weighted by Gasteiger charge is -2.33. The van der Waals surface area contributed by atoms with Gasteiger partial charge >= 0.3 is 0 Å². The van der Waals surface area contributed by atoms with Crippen LogP contribution in [0.15, 0.2) is 10.6 Å². The predicted octanol–water partition coefficient (Wildman–Crippen LogP) is 1.37. The highest BCUT2D eigenvalue weighted by Gasteiger charge is 2.28. The molecule has 3 N–H and O–H groups in total. The zero-order valence-electron chi connectivity index (χ0n) is 10.2. The maximum atomic E-state index is 11.7. The molecule has 1 aromatic rings.